The van der Waals surface area contributed by atoms with E-state index in [1.807, 2.05) is 19.1 Å². The van der Waals surface area contributed by atoms with Gasteiger partial charge in [-0.1, -0.05) is 48.6 Å². The summed E-state index contributed by atoms with van der Waals surface area (Å²) in [7, 11) is 0. The van der Waals surface area contributed by atoms with Crippen LogP contribution in [0.5, 0.6) is 0 Å². The summed E-state index contributed by atoms with van der Waals surface area (Å²) in [4.78, 5) is 0. The van der Waals surface area contributed by atoms with E-state index in [-0.39, 0.29) is 0 Å². The standard InChI is InChI=1S/C12H14/c1-4-6-12-8-7-10(3)9-11(12)5-2/h4-9H,2H2,1,3H3. The van der Waals surface area contributed by atoms with Gasteiger partial charge >= 0.3 is 0 Å². The molecule has 0 heterocycles. The highest BCUT2D eigenvalue weighted by molar-refractivity contribution is 5.64. The first-order valence-corrected chi connectivity index (χ1v) is 4.13. The summed E-state index contributed by atoms with van der Waals surface area (Å²) >= 11 is 0. The van der Waals surface area contributed by atoms with E-state index in [0.717, 1.165) is 0 Å². The molecule has 0 nitrogen and oxygen atoms in total. The Hall–Kier alpha value is -1.30. The maximum atomic E-state index is 3.78. The van der Waals surface area contributed by atoms with E-state index in [1.54, 1.807) is 0 Å². The van der Waals surface area contributed by atoms with E-state index in [9.17, 15) is 0 Å². The highest BCUT2D eigenvalue weighted by Gasteiger charge is 1.94. The van der Waals surface area contributed by atoms with Gasteiger partial charge in [-0.3, -0.25) is 0 Å². The highest BCUT2D eigenvalue weighted by atomic mass is 14.0. The molecule has 0 radical (unpaired) electrons. The minimum absolute atomic E-state index is 1.20. The molecule has 12 heavy (non-hydrogen) atoms. The third-order valence-corrected chi connectivity index (χ3v) is 1.81. The molecule has 62 valence electrons. The van der Waals surface area contributed by atoms with E-state index in [1.165, 1.54) is 16.7 Å². The van der Waals surface area contributed by atoms with Gasteiger partial charge in [-0.25, -0.2) is 0 Å². The van der Waals surface area contributed by atoms with Gasteiger partial charge in [0.15, 0.2) is 0 Å². The molecule has 1 aromatic rings. The summed E-state index contributed by atoms with van der Waals surface area (Å²) in [6.45, 7) is 7.89. The van der Waals surface area contributed by atoms with Crippen LogP contribution >= 0.6 is 0 Å². The Morgan fingerprint density at radius 3 is 2.58 bits per heavy atom. The average molecular weight is 158 g/mol. The molecular formula is C12H14. The Kier molecular flexibility index (Phi) is 2.87. The number of rotatable bonds is 2. The zero-order valence-electron chi connectivity index (χ0n) is 7.67. The fraction of sp³-hybridized carbons (Fsp3) is 0.167. The van der Waals surface area contributed by atoms with E-state index < -0.39 is 0 Å². The third-order valence-electron chi connectivity index (χ3n) is 1.81. The van der Waals surface area contributed by atoms with Gasteiger partial charge in [0.25, 0.3) is 0 Å². The van der Waals surface area contributed by atoms with Gasteiger partial charge in [0.1, 0.15) is 0 Å². The van der Waals surface area contributed by atoms with Crippen molar-refractivity contribution in [1.29, 1.82) is 0 Å². The Balaban J connectivity index is 3.19. The van der Waals surface area contributed by atoms with Crippen LogP contribution in [0.15, 0.2) is 30.9 Å². The lowest BCUT2D eigenvalue weighted by Crippen LogP contribution is -1.81. The van der Waals surface area contributed by atoms with Crippen LogP contribution < -0.4 is 0 Å². The lowest BCUT2D eigenvalue weighted by atomic mass is 10.0. The molecule has 0 aliphatic carbocycles. The van der Waals surface area contributed by atoms with Gasteiger partial charge in [0.05, 0.1) is 0 Å². The van der Waals surface area contributed by atoms with Crippen LogP contribution in [0.1, 0.15) is 23.6 Å². The van der Waals surface area contributed by atoms with Crippen molar-refractivity contribution >= 4 is 12.2 Å². The molecule has 0 bridgehead atoms. The quantitative estimate of drug-likeness (QED) is 0.616. The molecule has 0 atom stereocenters. The molecule has 0 aliphatic rings. The van der Waals surface area contributed by atoms with Gasteiger partial charge < -0.3 is 0 Å². The number of benzene rings is 1. The second-order valence-corrected chi connectivity index (χ2v) is 2.84. The topological polar surface area (TPSA) is 0 Å². The summed E-state index contributed by atoms with van der Waals surface area (Å²) in [5.41, 5.74) is 3.71. The van der Waals surface area contributed by atoms with Crippen molar-refractivity contribution in [1.82, 2.24) is 0 Å². The minimum Gasteiger partial charge on any atom is -0.0984 e. The predicted octanol–water partition coefficient (Wildman–Crippen LogP) is 3.67. The smallest absolute Gasteiger partial charge is 0.0187 e. The van der Waals surface area contributed by atoms with Gasteiger partial charge in [-0.2, -0.15) is 0 Å². The Morgan fingerprint density at radius 1 is 1.25 bits per heavy atom. The first kappa shape index (κ1) is 8.79. The normalized spacial score (nSPS) is 10.5. The van der Waals surface area contributed by atoms with E-state index in [2.05, 4.69) is 37.8 Å². The lowest BCUT2D eigenvalue weighted by Gasteiger charge is -2.01. The molecular weight excluding hydrogens is 144 g/mol. The van der Waals surface area contributed by atoms with Crippen molar-refractivity contribution in [3.05, 3.63) is 47.5 Å². The van der Waals surface area contributed by atoms with Gasteiger partial charge in [-0.05, 0) is 25.0 Å². The fourth-order valence-electron chi connectivity index (χ4n) is 1.20. The zero-order chi connectivity index (χ0) is 8.97. The van der Waals surface area contributed by atoms with Crippen LogP contribution in [0.4, 0.5) is 0 Å². The molecule has 0 spiro atoms. The van der Waals surface area contributed by atoms with Gasteiger partial charge in [-0.15, -0.1) is 0 Å². The second kappa shape index (κ2) is 3.91. The Bertz CT molecular complexity index is 306. The summed E-state index contributed by atoms with van der Waals surface area (Å²) in [5, 5.41) is 0. The molecule has 0 amide bonds. The maximum Gasteiger partial charge on any atom is -0.0187 e. The molecule has 1 rings (SSSR count). The predicted molar refractivity (Wildman–Crippen MR) is 56.0 cm³/mol. The first-order valence-electron chi connectivity index (χ1n) is 4.13. The molecule has 0 fully saturated rings. The Labute approximate surface area is 74.2 Å². The lowest BCUT2D eigenvalue weighted by molar-refractivity contribution is 1.44. The number of hydrogen-bond acceptors (Lipinski definition) is 0. The monoisotopic (exact) mass is 158 g/mol. The van der Waals surface area contributed by atoms with E-state index >= 15 is 0 Å². The van der Waals surface area contributed by atoms with Crippen molar-refractivity contribution in [2.75, 3.05) is 0 Å². The van der Waals surface area contributed by atoms with Crippen molar-refractivity contribution in [3.8, 4) is 0 Å². The molecule has 0 saturated heterocycles. The van der Waals surface area contributed by atoms with Gasteiger partial charge in [0, 0.05) is 0 Å². The molecule has 0 N–H and O–H groups in total. The van der Waals surface area contributed by atoms with Crippen LogP contribution in [-0.4, -0.2) is 0 Å². The minimum atomic E-state index is 1.20. The third kappa shape index (κ3) is 1.85. The largest absolute Gasteiger partial charge is 0.0984 e. The van der Waals surface area contributed by atoms with Crippen LogP contribution in [0.2, 0.25) is 0 Å². The van der Waals surface area contributed by atoms with Crippen molar-refractivity contribution in [3.63, 3.8) is 0 Å². The first-order chi connectivity index (χ1) is 5.77. The molecule has 0 heteroatoms. The number of hydrogen-bond donors (Lipinski definition) is 0. The van der Waals surface area contributed by atoms with Crippen LogP contribution in [0.25, 0.3) is 12.2 Å². The molecule has 0 aromatic heterocycles. The summed E-state index contributed by atoms with van der Waals surface area (Å²) < 4.78 is 0. The van der Waals surface area contributed by atoms with Crippen LogP contribution in [0, 0.1) is 6.92 Å². The van der Waals surface area contributed by atoms with Crippen LogP contribution in [-0.2, 0) is 0 Å². The van der Waals surface area contributed by atoms with E-state index in [4.69, 9.17) is 0 Å². The van der Waals surface area contributed by atoms with Gasteiger partial charge in [0.2, 0.25) is 0 Å². The SMILES string of the molecule is C=Cc1cc(C)ccc1C=CC. The molecule has 0 saturated carbocycles. The molecule has 0 aliphatic heterocycles. The summed E-state index contributed by atoms with van der Waals surface area (Å²) in [6, 6.07) is 6.37. The molecule has 1 aromatic carbocycles. The second-order valence-electron chi connectivity index (χ2n) is 2.84. The fourth-order valence-corrected chi connectivity index (χ4v) is 1.20. The summed E-state index contributed by atoms with van der Waals surface area (Å²) in [5.74, 6) is 0. The van der Waals surface area contributed by atoms with Crippen LogP contribution in [0.3, 0.4) is 0 Å². The maximum absolute atomic E-state index is 3.78. The summed E-state index contributed by atoms with van der Waals surface area (Å²) in [6.07, 6.45) is 6.02. The van der Waals surface area contributed by atoms with Crippen molar-refractivity contribution in [2.45, 2.75) is 13.8 Å². The average Bonchev–Trinajstić information content (AvgIpc) is 2.08. The zero-order valence-corrected chi connectivity index (χ0v) is 7.67. The number of allylic oxidation sites excluding steroid dienone is 1. The Morgan fingerprint density at radius 2 is 2.00 bits per heavy atom. The van der Waals surface area contributed by atoms with Crippen molar-refractivity contribution in [2.24, 2.45) is 0 Å². The van der Waals surface area contributed by atoms with E-state index in [0.29, 0.717) is 0 Å². The van der Waals surface area contributed by atoms with Crippen molar-refractivity contribution < 1.29 is 0 Å². The molecule has 0 unspecified atom stereocenters. The number of aryl methyl sites for hydroxylation is 1. The highest BCUT2D eigenvalue weighted by Crippen LogP contribution is 2.14.